The predicted molar refractivity (Wildman–Crippen MR) is 54.5 cm³/mol. The molecule has 0 spiro atoms. The summed E-state index contributed by atoms with van der Waals surface area (Å²) in [6.45, 7) is 2.48. The molecule has 1 aromatic rings. The van der Waals surface area contributed by atoms with E-state index in [2.05, 4.69) is 16.8 Å². The third kappa shape index (κ3) is 3.06. The molecule has 0 aliphatic rings. The SMILES string of the molecule is Cc1nc(Cl)ccc1C#CCCN. The number of aromatic nitrogens is 1. The van der Waals surface area contributed by atoms with Gasteiger partial charge in [0.2, 0.25) is 0 Å². The van der Waals surface area contributed by atoms with Crippen molar-refractivity contribution in [3.8, 4) is 11.8 Å². The summed E-state index contributed by atoms with van der Waals surface area (Å²) in [5.74, 6) is 5.94. The van der Waals surface area contributed by atoms with Crippen LogP contribution in [-0.4, -0.2) is 11.5 Å². The Hall–Kier alpha value is -1.04. The predicted octanol–water partition coefficient (Wildman–Crippen LogP) is 1.74. The van der Waals surface area contributed by atoms with E-state index in [1.807, 2.05) is 13.0 Å². The number of hydrogen-bond donors (Lipinski definition) is 1. The summed E-state index contributed by atoms with van der Waals surface area (Å²) in [6.07, 6.45) is 0.710. The monoisotopic (exact) mass is 194 g/mol. The molecule has 0 amide bonds. The Bertz CT molecular complexity index is 350. The van der Waals surface area contributed by atoms with Crippen LogP contribution >= 0.6 is 11.6 Å². The highest BCUT2D eigenvalue weighted by molar-refractivity contribution is 6.29. The van der Waals surface area contributed by atoms with E-state index in [9.17, 15) is 0 Å². The van der Waals surface area contributed by atoms with Crippen molar-refractivity contribution in [1.29, 1.82) is 0 Å². The number of nitrogens with zero attached hydrogens (tertiary/aromatic N) is 1. The highest BCUT2D eigenvalue weighted by Crippen LogP contribution is 2.09. The van der Waals surface area contributed by atoms with Gasteiger partial charge < -0.3 is 5.73 Å². The van der Waals surface area contributed by atoms with Crippen LogP contribution in [0.4, 0.5) is 0 Å². The molecule has 0 unspecified atom stereocenters. The van der Waals surface area contributed by atoms with E-state index in [1.165, 1.54) is 0 Å². The van der Waals surface area contributed by atoms with Crippen LogP contribution in [0, 0.1) is 18.8 Å². The van der Waals surface area contributed by atoms with Gasteiger partial charge in [-0.3, -0.25) is 0 Å². The second-order valence-electron chi connectivity index (χ2n) is 2.61. The van der Waals surface area contributed by atoms with E-state index in [0.29, 0.717) is 18.1 Å². The molecule has 0 aromatic carbocycles. The summed E-state index contributed by atoms with van der Waals surface area (Å²) in [5, 5.41) is 0.502. The van der Waals surface area contributed by atoms with Gasteiger partial charge in [0.05, 0.1) is 5.69 Å². The molecule has 1 rings (SSSR count). The molecule has 1 heterocycles. The topological polar surface area (TPSA) is 38.9 Å². The zero-order valence-corrected chi connectivity index (χ0v) is 8.23. The van der Waals surface area contributed by atoms with Gasteiger partial charge in [-0.2, -0.15) is 0 Å². The molecule has 1 aromatic heterocycles. The summed E-state index contributed by atoms with van der Waals surface area (Å²) in [7, 11) is 0. The van der Waals surface area contributed by atoms with Crippen molar-refractivity contribution in [2.45, 2.75) is 13.3 Å². The van der Waals surface area contributed by atoms with Gasteiger partial charge in [-0.1, -0.05) is 23.4 Å². The van der Waals surface area contributed by atoms with Gasteiger partial charge in [-0.25, -0.2) is 4.98 Å². The van der Waals surface area contributed by atoms with Crippen LogP contribution in [-0.2, 0) is 0 Å². The number of rotatable bonds is 1. The van der Waals surface area contributed by atoms with E-state index in [0.717, 1.165) is 11.3 Å². The van der Waals surface area contributed by atoms with Gasteiger partial charge in [0.1, 0.15) is 5.15 Å². The minimum atomic E-state index is 0.502. The fourth-order valence-corrected chi connectivity index (χ4v) is 1.08. The molecule has 0 fully saturated rings. The van der Waals surface area contributed by atoms with Crippen molar-refractivity contribution in [3.05, 3.63) is 28.5 Å². The molecule has 0 saturated carbocycles. The molecule has 0 aliphatic heterocycles. The van der Waals surface area contributed by atoms with Crippen LogP contribution in [0.2, 0.25) is 5.15 Å². The van der Waals surface area contributed by atoms with Crippen LogP contribution in [0.25, 0.3) is 0 Å². The second-order valence-corrected chi connectivity index (χ2v) is 2.99. The zero-order chi connectivity index (χ0) is 9.68. The molecule has 0 radical (unpaired) electrons. The first kappa shape index (κ1) is 10.0. The first-order valence-electron chi connectivity index (χ1n) is 4.06. The van der Waals surface area contributed by atoms with Gasteiger partial charge in [-0.15, -0.1) is 0 Å². The molecule has 3 heteroatoms. The standard InChI is InChI=1S/C10H11ClN2/c1-8-9(4-2-3-7-12)5-6-10(11)13-8/h5-6H,3,7,12H2,1H3. The minimum Gasteiger partial charge on any atom is -0.330 e. The second kappa shape index (κ2) is 4.86. The largest absolute Gasteiger partial charge is 0.330 e. The lowest BCUT2D eigenvalue weighted by molar-refractivity contribution is 1.03. The summed E-state index contributed by atoms with van der Waals surface area (Å²) >= 11 is 5.70. The van der Waals surface area contributed by atoms with E-state index in [-0.39, 0.29) is 0 Å². The van der Waals surface area contributed by atoms with E-state index < -0.39 is 0 Å². The van der Waals surface area contributed by atoms with E-state index in [1.54, 1.807) is 6.07 Å². The lowest BCUT2D eigenvalue weighted by Crippen LogP contribution is -1.95. The van der Waals surface area contributed by atoms with Crippen molar-refractivity contribution in [1.82, 2.24) is 4.98 Å². The zero-order valence-electron chi connectivity index (χ0n) is 7.47. The maximum atomic E-state index is 5.70. The van der Waals surface area contributed by atoms with Crippen LogP contribution in [0.1, 0.15) is 17.7 Å². The van der Waals surface area contributed by atoms with Crippen LogP contribution in [0.5, 0.6) is 0 Å². The number of aryl methyl sites for hydroxylation is 1. The molecule has 0 aliphatic carbocycles. The lowest BCUT2D eigenvalue weighted by Gasteiger charge is -1.96. The summed E-state index contributed by atoms with van der Waals surface area (Å²) in [6, 6.07) is 3.61. The molecule has 13 heavy (non-hydrogen) atoms. The Balaban J connectivity index is 2.85. The average molecular weight is 195 g/mol. The third-order valence-corrected chi connectivity index (χ3v) is 1.75. The smallest absolute Gasteiger partial charge is 0.129 e. The number of hydrogen-bond acceptors (Lipinski definition) is 2. The Labute approximate surface area is 83.1 Å². The molecule has 0 saturated heterocycles. The van der Waals surface area contributed by atoms with Crippen LogP contribution < -0.4 is 5.73 Å². The number of nitrogens with two attached hydrogens (primary N) is 1. The van der Waals surface area contributed by atoms with Crippen molar-refractivity contribution < 1.29 is 0 Å². The molecular weight excluding hydrogens is 184 g/mol. The summed E-state index contributed by atoms with van der Waals surface area (Å²) in [4.78, 5) is 4.08. The number of halogens is 1. The molecule has 0 bridgehead atoms. The van der Waals surface area contributed by atoms with Crippen LogP contribution in [0.3, 0.4) is 0 Å². The van der Waals surface area contributed by atoms with Crippen molar-refractivity contribution in [3.63, 3.8) is 0 Å². The minimum absolute atomic E-state index is 0.502. The Kier molecular flexibility index (Phi) is 3.75. The molecule has 2 nitrogen and oxygen atoms in total. The summed E-state index contributed by atoms with van der Waals surface area (Å²) < 4.78 is 0. The van der Waals surface area contributed by atoms with Crippen molar-refractivity contribution in [2.75, 3.05) is 6.54 Å². The molecular formula is C10H11ClN2. The average Bonchev–Trinajstić information content (AvgIpc) is 2.09. The lowest BCUT2D eigenvalue weighted by atomic mass is 10.2. The van der Waals surface area contributed by atoms with Crippen LogP contribution in [0.15, 0.2) is 12.1 Å². The normalized spacial score (nSPS) is 9.15. The van der Waals surface area contributed by atoms with Gasteiger partial charge in [0.25, 0.3) is 0 Å². The molecule has 0 atom stereocenters. The highest BCUT2D eigenvalue weighted by atomic mass is 35.5. The maximum absolute atomic E-state index is 5.70. The summed E-state index contributed by atoms with van der Waals surface area (Å²) in [5.41, 5.74) is 7.09. The van der Waals surface area contributed by atoms with Gasteiger partial charge >= 0.3 is 0 Å². The Morgan fingerprint density at radius 2 is 2.31 bits per heavy atom. The third-order valence-electron chi connectivity index (χ3n) is 1.54. The van der Waals surface area contributed by atoms with Gasteiger partial charge in [0, 0.05) is 18.5 Å². The fraction of sp³-hybridized carbons (Fsp3) is 0.300. The Morgan fingerprint density at radius 1 is 1.54 bits per heavy atom. The first-order chi connectivity index (χ1) is 6.24. The fourth-order valence-electron chi connectivity index (χ4n) is 0.892. The number of pyridine rings is 1. The maximum Gasteiger partial charge on any atom is 0.129 e. The Morgan fingerprint density at radius 3 is 2.92 bits per heavy atom. The van der Waals surface area contributed by atoms with Crippen molar-refractivity contribution >= 4 is 11.6 Å². The highest BCUT2D eigenvalue weighted by Gasteiger charge is 1.95. The van der Waals surface area contributed by atoms with E-state index >= 15 is 0 Å². The van der Waals surface area contributed by atoms with Gasteiger partial charge in [-0.05, 0) is 19.1 Å². The molecule has 2 N–H and O–H groups in total. The quantitative estimate of drug-likeness (QED) is 0.547. The van der Waals surface area contributed by atoms with Crippen molar-refractivity contribution in [2.24, 2.45) is 5.73 Å². The van der Waals surface area contributed by atoms with E-state index in [4.69, 9.17) is 17.3 Å². The van der Waals surface area contributed by atoms with Gasteiger partial charge in [0.15, 0.2) is 0 Å². The first-order valence-corrected chi connectivity index (χ1v) is 4.44. The molecule has 68 valence electrons.